The van der Waals surface area contributed by atoms with Gasteiger partial charge in [-0.1, -0.05) is 11.6 Å². The number of halogens is 2. The van der Waals surface area contributed by atoms with E-state index >= 15 is 0 Å². The summed E-state index contributed by atoms with van der Waals surface area (Å²) in [5.41, 5.74) is 0.0884. The Kier molecular flexibility index (Phi) is 6.78. The van der Waals surface area contributed by atoms with Crippen molar-refractivity contribution < 1.29 is 9.53 Å². The van der Waals surface area contributed by atoms with Gasteiger partial charge in [0.05, 0.1) is 5.02 Å². The van der Waals surface area contributed by atoms with E-state index in [0.717, 1.165) is 10.2 Å². The van der Waals surface area contributed by atoms with Gasteiger partial charge in [0.1, 0.15) is 5.60 Å². The predicted octanol–water partition coefficient (Wildman–Crippen LogP) is 5.55. The SMILES string of the molecule is CC(C)(C)OC(=O)N(CCNc1ccc(Br)c(Cl)c1)C(C)(C)C. The topological polar surface area (TPSA) is 41.6 Å². The lowest BCUT2D eigenvalue weighted by molar-refractivity contribution is 0.00749. The van der Waals surface area contributed by atoms with Gasteiger partial charge in [0.2, 0.25) is 0 Å². The molecule has 23 heavy (non-hydrogen) atoms. The second-order valence-corrected chi connectivity index (χ2v) is 8.62. The standard InChI is InChI=1S/C17H26BrClN2O2/c1-16(2,3)21(15(22)23-17(4,5)6)10-9-20-12-7-8-13(18)14(19)11-12/h7-8,11,20H,9-10H2,1-6H3. The van der Waals surface area contributed by atoms with Gasteiger partial charge in [0.25, 0.3) is 0 Å². The summed E-state index contributed by atoms with van der Waals surface area (Å²) in [6.07, 6.45) is -0.305. The summed E-state index contributed by atoms with van der Waals surface area (Å²) in [6.45, 7) is 12.7. The van der Waals surface area contributed by atoms with Crippen LogP contribution in [-0.4, -0.2) is 35.2 Å². The fourth-order valence-electron chi connectivity index (χ4n) is 1.94. The maximum Gasteiger partial charge on any atom is 0.410 e. The maximum atomic E-state index is 12.4. The first-order chi connectivity index (χ1) is 10.4. The molecule has 1 amide bonds. The highest BCUT2D eigenvalue weighted by atomic mass is 79.9. The van der Waals surface area contributed by atoms with Crippen molar-refractivity contribution in [2.45, 2.75) is 52.7 Å². The molecule has 1 rings (SSSR count). The zero-order valence-electron chi connectivity index (χ0n) is 14.7. The molecule has 6 heteroatoms. The molecular weight excluding hydrogens is 380 g/mol. The third-order valence-corrected chi connectivity index (χ3v) is 4.24. The van der Waals surface area contributed by atoms with E-state index in [-0.39, 0.29) is 11.6 Å². The number of carbonyl (C=O) groups excluding carboxylic acids is 1. The van der Waals surface area contributed by atoms with Crippen LogP contribution in [-0.2, 0) is 4.74 Å². The quantitative estimate of drug-likeness (QED) is 0.714. The van der Waals surface area contributed by atoms with E-state index < -0.39 is 5.60 Å². The lowest BCUT2D eigenvalue weighted by Gasteiger charge is -2.37. The van der Waals surface area contributed by atoms with Crippen LogP contribution in [0.5, 0.6) is 0 Å². The van der Waals surface area contributed by atoms with Crippen LogP contribution < -0.4 is 5.32 Å². The number of ether oxygens (including phenoxy) is 1. The average molecular weight is 406 g/mol. The summed E-state index contributed by atoms with van der Waals surface area (Å²) in [7, 11) is 0. The van der Waals surface area contributed by atoms with Crippen molar-refractivity contribution >= 4 is 39.3 Å². The van der Waals surface area contributed by atoms with Crippen LogP contribution >= 0.6 is 27.5 Å². The fraction of sp³-hybridized carbons (Fsp3) is 0.588. The largest absolute Gasteiger partial charge is 0.444 e. The fourth-order valence-corrected chi connectivity index (χ4v) is 2.36. The molecule has 1 aromatic carbocycles. The average Bonchev–Trinajstić information content (AvgIpc) is 2.35. The van der Waals surface area contributed by atoms with Crippen molar-refractivity contribution in [2.75, 3.05) is 18.4 Å². The monoisotopic (exact) mass is 404 g/mol. The van der Waals surface area contributed by atoms with Crippen LogP contribution in [0.4, 0.5) is 10.5 Å². The van der Waals surface area contributed by atoms with Crippen LogP contribution in [0.2, 0.25) is 5.02 Å². The van der Waals surface area contributed by atoms with Crippen molar-refractivity contribution in [2.24, 2.45) is 0 Å². The molecule has 0 bridgehead atoms. The van der Waals surface area contributed by atoms with Gasteiger partial charge in [-0.25, -0.2) is 4.79 Å². The summed E-state index contributed by atoms with van der Waals surface area (Å²) < 4.78 is 6.35. The molecular formula is C17H26BrClN2O2. The molecule has 0 aliphatic carbocycles. The second-order valence-electron chi connectivity index (χ2n) is 7.36. The minimum Gasteiger partial charge on any atom is -0.444 e. The molecule has 1 N–H and O–H groups in total. The summed E-state index contributed by atoms with van der Waals surface area (Å²) >= 11 is 9.44. The Balaban J connectivity index is 2.68. The molecule has 4 nitrogen and oxygen atoms in total. The molecule has 1 aromatic rings. The van der Waals surface area contributed by atoms with Crippen molar-refractivity contribution in [3.05, 3.63) is 27.7 Å². The normalized spacial score (nSPS) is 12.0. The molecule has 0 aliphatic rings. The van der Waals surface area contributed by atoms with Gasteiger partial charge in [-0.05, 0) is 75.7 Å². The third kappa shape index (κ3) is 7.00. The van der Waals surface area contributed by atoms with Crippen molar-refractivity contribution in [1.29, 1.82) is 0 Å². The van der Waals surface area contributed by atoms with Crippen molar-refractivity contribution in [3.8, 4) is 0 Å². The van der Waals surface area contributed by atoms with Crippen molar-refractivity contribution in [1.82, 2.24) is 4.90 Å². The summed E-state index contributed by atoms with van der Waals surface area (Å²) in [6, 6.07) is 5.67. The van der Waals surface area contributed by atoms with E-state index in [4.69, 9.17) is 16.3 Å². The molecule has 0 aliphatic heterocycles. The zero-order chi connectivity index (χ0) is 17.8. The molecule has 0 heterocycles. The summed E-state index contributed by atoms with van der Waals surface area (Å²) in [4.78, 5) is 14.1. The van der Waals surface area contributed by atoms with E-state index in [0.29, 0.717) is 18.1 Å². The molecule has 0 fully saturated rings. The molecule has 0 unspecified atom stereocenters. The lowest BCUT2D eigenvalue weighted by Crippen LogP contribution is -2.49. The van der Waals surface area contributed by atoms with Gasteiger partial charge < -0.3 is 15.0 Å². The number of rotatable bonds is 4. The number of carbonyl (C=O) groups is 1. The highest BCUT2D eigenvalue weighted by molar-refractivity contribution is 9.10. The summed E-state index contributed by atoms with van der Waals surface area (Å²) in [5.74, 6) is 0. The van der Waals surface area contributed by atoms with Crippen LogP contribution in [0, 0.1) is 0 Å². The van der Waals surface area contributed by atoms with Gasteiger partial charge in [-0.15, -0.1) is 0 Å². The van der Waals surface area contributed by atoms with Gasteiger partial charge in [0.15, 0.2) is 0 Å². The smallest absolute Gasteiger partial charge is 0.410 e. The van der Waals surface area contributed by atoms with E-state index in [1.807, 2.05) is 59.7 Å². The van der Waals surface area contributed by atoms with Gasteiger partial charge in [-0.3, -0.25) is 0 Å². The van der Waals surface area contributed by atoms with E-state index in [1.165, 1.54) is 0 Å². The van der Waals surface area contributed by atoms with Crippen LogP contribution in [0.25, 0.3) is 0 Å². The predicted molar refractivity (Wildman–Crippen MR) is 100 cm³/mol. The van der Waals surface area contributed by atoms with Crippen LogP contribution in [0.3, 0.4) is 0 Å². The molecule has 0 radical (unpaired) electrons. The third-order valence-electron chi connectivity index (χ3n) is 3.01. The van der Waals surface area contributed by atoms with E-state index in [1.54, 1.807) is 4.90 Å². The Labute approximate surface area is 152 Å². The molecule has 0 saturated heterocycles. The number of hydrogen-bond acceptors (Lipinski definition) is 3. The Morgan fingerprint density at radius 2 is 1.87 bits per heavy atom. The maximum absolute atomic E-state index is 12.4. The van der Waals surface area contributed by atoms with E-state index in [2.05, 4.69) is 21.2 Å². The Hall–Kier alpha value is -0.940. The van der Waals surface area contributed by atoms with E-state index in [9.17, 15) is 4.79 Å². The number of hydrogen-bond donors (Lipinski definition) is 1. The molecule has 0 aromatic heterocycles. The first-order valence-corrected chi connectivity index (χ1v) is 8.77. The molecule has 0 atom stereocenters. The highest BCUT2D eigenvalue weighted by Crippen LogP contribution is 2.25. The van der Waals surface area contributed by atoms with Gasteiger partial charge in [0, 0.05) is 28.8 Å². The Morgan fingerprint density at radius 3 is 2.35 bits per heavy atom. The zero-order valence-corrected chi connectivity index (χ0v) is 17.0. The Bertz CT molecular complexity index is 551. The molecule has 0 saturated carbocycles. The second kappa shape index (κ2) is 7.75. The van der Waals surface area contributed by atoms with Gasteiger partial charge in [-0.2, -0.15) is 0 Å². The number of nitrogens with zero attached hydrogens (tertiary/aromatic N) is 1. The van der Waals surface area contributed by atoms with Crippen LogP contribution in [0.15, 0.2) is 22.7 Å². The minimum absolute atomic E-state index is 0.305. The first-order valence-electron chi connectivity index (χ1n) is 7.60. The molecule has 130 valence electrons. The first kappa shape index (κ1) is 20.1. The minimum atomic E-state index is -0.507. The number of nitrogens with one attached hydrogen (secondary N) is 1. The number of benzene rings is 1. The number of amides is 1. The van der Waals surface area contributed by atoms with Crippen LogP contribution in [0.1, 0.15) is 41.5 Å². The summed E-state index contributed by atoms with van der Waals surface area (Å²) in [5, 5.41) is 3.93. The Morgan fingerprint density at radius 1 is 1.26 bits per heavy atom. The van der Waals surface area contributed by atoms with Crippen molar-refractivity contribution in [3.63, 3.8) is 0 Å². The molecule has 0 spiro atoms. The number of anilines is 1. The highest BCUT2D eigenvalue weighted by Gasteiger charge is 2.30. The lowest BCUT2D eigenvalue weighted by atomic mass is 10.1. The van der Waals surface area contributed by atoms with Gasteiger partial charge >= 0.3 is 6.09 Å².